The van der Waals surface area contributed by atoms with E-state index in [0.29, 0.717) is 12.0 Å². The highest BCUT2D eigenvalue weighted by Gasteiger charge is 2.21. The number of hydrogen-bond donors (Lipinski definition) is 1. The van der Waals surface area contributed by atoms with Gasteiger partial charge in [-0.3, -0.25) is 0 Å². The van der Waals surface area contributed by atoms with E-state index in [1.165, 1.54) is 11.1 Å². The van der Waals surface area contributed by atoms with Crippen molar-refractivity contribution in [3.63, 3.8) is 0 Å². The third-order valence-corrected chi connectivity index (χ3v) is 3.88. The lowest BCUT2D eigenvalue weighted by molar-refractivity contribution is 0.379. The predicted octanol–water partition coefficient (Wildman–Crippen LogP) is 4.73. The van der Waals surface area contributed by atoms with Gasteiger partial charge in [-0.15, -0.1) is 0 Å². The minimum Gasteiger partial charge on any atom is -0.361 e. The molecule has 2 unspecified atom stereocenters. The van der Waals surface area contributed by atoms with Gasteiger partial charge in [0.05, 0.1) is 5.69 Å². The summed E-state index contributed by atoms with van der Waals surface area (Å²) in [6.07, 6.45) is 1.11. The molecule has 0 saturated heterocycles. The first kappa shape index (κ1) is 15.8. The maximum absolute atomic E-state index is 5.29. The fourth-order valence-electron chi connectivity index (χ4n) is 2.95. The lowest BCUT2D eigenvalue weighted by Gasteiger charge is -2.25. The van der Waals surface area contributed by atoms with E-state index in [4.69, 9.17) is 4.52 Å². The first-order valence-corrected chi connectivity index (χ1v) is 7.72. The van der Waals surface area contributed by atoms with Gasteiger partial charge in [0.25, 0.3) is 0 Å². The molecule has 0 amide bonds. The largest absolute Gasteiger partial charge is 0.361 e. The zero-order valence-corrected chi connectivity index (χ0v) is 13.7. The van der Waals surface area contributed by atoms with Gasteiger partial charge in [-0.1, -0.05) is 49.3 Å². The topological polar surface area (TPSA) is 38.1 Å². The maximum atomic E-state index is 5.29. The third kappa shape index (κ3) is 3.94. The van der Waals surface area contributed by atoms with Gasteiger partial charge in [-0.05, 0) is 38.7 Å². The molecule has 0 saturated carbocycles. The number of nitrogens with zero attached hydrogens (tertiary/aromatic N) is 1. The zero-order chi connectivity index (χ0) is 15.4. The molecule has 1 N–H and O–H groups in total. The highest BCUT2D eigenvalue weighted by atomic mass is 16.5. The molecule has 1 heterocycles. The normalized spacial score (nSPS) is 14.4. The van der Waals surface area contributed by atoms with Crippen molar-refractivity contribution in [2.45, 2.75) is 53.1 Å². The molecule has 0 spiro atoms. The van der Waals surface area contributed by atoms with Crippen LogP contribution in [0, 0.1) is 19.8 Å². The van der Waals surface area contributed by atoms with Crippen molar-refractivity contribution in [2.24, 2.45) is 5.92 Å². The SMILES string of the molecule is Cc1noc(C)c1C(C)NC(CC(C)C)c1ccccc1. The number of aryl methyl sites for hydroxylation is 2. The Bertz CT molecular complexity index is 540. The van der Waals surface area contributed by atoms with Gasteiger partial charge in [0.1, 0.15) is 5.76 Å². The van der Waals surface area contributed by atoms with Crippen molar-refractivity contribution >= 4 is 0 Å². The quantitative estimate of drug-likeness (QED) is 0.834. The third-order valence-electron chi connectivity index (χ3n) is 3.88. The number of nitrogens with one attached hydrogen (secondary N) is 1. The van der Waals surface area contributed by atoms with Crippen molar-refractivity contribution in [1.29, 1.82) is 0 Å². The molecule has 1 aromatic heterocycles. The molecule has 114 valence electrons. The van der Waals surface area contributed by atoms with Crippen molar-refractivity contribution in [3.8, 4) is 0 Å². The Morgan fingerprint density at radius 3 is 2.29 bits per heavy atom. The molecule has 2 rings (SSSR count). The van der Waals surface area contributed by atoms with Crippen LogP contribution in [0.2, 0.25) is 0 Å². The molecule has 2 atom stereocenters. The molecule has 1 aromatic carbocycles. The molecule has 3 nitrogen and oxygen atoms in total. The van der Waals surface area contributed by atoms with Crippen LogP contribution < -0.4 is 5.32 Å². The van der Waals surface area contributed by atoms with Gasteiger partial charge in [0.2, 0.25) is 0 Å². The Hall–Kier alpha value is -1.61. The molecular formula is C18H26N2O. The molecule has 0 aliphatic rings. The Morgan fingerprint density at radius 1 is 1.10 bits per heavy atom. The van der Waals surface area contributed by atoms with E-state index < -0.39 is 0 Å². The van der Waals surface area contributed by atoms with Crippen LogP contribution in [0.3, 0.4) is 0 Å². The van der Waals surface area contributed by atoms with E-state index in [9.17, 15) is 0 Å². The Morgan fingerprint density at radius 2 is 1.76 bits per heavy atom. The highest BCUT2D eigenvalue weighted by Crippen LogP contribution is 2.27. The maximum Gasteiger partial charge on any atom is 0.138 e. The standard InChI is InChI=1S/C18H26N2O/c1-12(2)11-17(16-9-7-6-8-10-16)19-13(3)18-14(4)20-21-15(18)5/h6-10,12-13,17,19H,11H2,1-5H3. The van der Waals surface area contributed by atoms with Crippen LogP contribution in [0.25, 0.3) is 0 Å². The molecule has 3 heteroatoms. The molecular weight excluding hydrogens is 260 g/mol. The second kappa shape index (κ2) is 6.90. The Labute approximate surface area is 127 Å². The summed E-state index contributed by atoms with van der Waals surface area (Å²) in [6.45, 7) is 10.7. The van der Waals surface area contributed by atoms with Crippen LogP contribution in [0.15, 0.2) is 34.9 Å². The summed E-state index contributed by atoms with van der Waals surface area (Å²) >= 11 is 0. The van der Waals surface area contributed by atoms with E-state index in [1.54, 1.807) is 0 Å². The van der Waals surface area contributed by atoms with E-state index in [-0.39, 0.29) is 6.04 Å². The average Bonchev–Trinajstić information content (AvgIpc) is 2.78. The monoisotopic (exact) mass is 286 g/mol. The van der Waals surface area contributed by atoms with Crippen molar-refractivity contribution in [3.05, 3.63) is 52.9 Å². The number of hydrogen-bond acceptors (Lipinski definition) is 3. The number of aromatic nitrogens is 1. The first-order chi connectivity index (χ1) is 9.99. The van der Waals surface area contributed by atoms with Crippen molar-refractivity contribution in [2.75, 3.05) is 0 Å². The molecule has 0 aliphatic heterocycles. The lowest BCUT2D eigenvalue weighted by atomic mass is 9.95. The minimum atomic E-state index is 0.222. The fraction of sp³-hybridized carbons (Fsp3) is 0.500. The fourth-order valence-corrected chi connectivity index (χ4v) is 2.95. The van der Waals surface area contributed by atoms with Crippen LogP contribution in [0.5, 0.6) is 0 Å². The van der Waals surface area contributed by atoms with Gasteiger partial charge in [0, 0.05) is 17.6 Å². The summed E-state index contributed by atoms with van der Waals surface area (Å²) in [6, 6.07) is 11.2. The van der Waals surface area contributed by atoms with Crippen molar-refractivity contribution < 1.29 is 4.52 Å². The van der Waals surface area contributed by atoms with Crippen LogP contribution in [-0.2, 0) is 0 Å². The molecule has 0 fully saturated rings. The van der Waals surface area contributed by atoms with Gasteiger partial charge in [-0.25, -0.2) is 0 Å². The number of benzene rings is 1. The lowest BCUT2D eigenvalue weighted by Crippen LogP contribution is -2.26. The van der Waals surface area contributed by atoms with Crippen LogP contribution in [0.4, 0.5) is 0 Å². The molecule has 0 bridgehead atoms. The van der Waals surface area contributed by atoms with Crippen molar-refractivity contribution in [1.82, 2.24) is 10.5 Å². The summed E-state index contributed by atoms with van der Waals surface area (Å²) in [4.78, 5) is 0. The molecule has 0 aliphatic carbocycles. The van der Waals surface area contributed by atoms with Gasteiger partial charge < -0.3 is 9.84 Å². The summed E-state index contributed by atoms with van der Waals surface area (Å²) in [5, 5.41) is 7.81. The highest BCUT2D eigenvalue weighted by molar-refractivity contribution is 5.26. The summed E-state index contributed by atoms with van der Waals surface area (Å²) in [5.41, 5.74) is 3.49. The average molecular weight is 286 g/mol. The van der Waals surface area contributed by atoms with E-state index in [1.807, 2.05) is 13.8 Å². The minimum absolute atomic E-state index is 0.222. The second-order valence-corrected chi connectivity index (χ2v) is 6.22. The van der Waals surface area contributed by atoms with E-state index in [0.717, 1.165) is 17.9 Å². The smallest absolute Gasteiger partial charge is 0.138 e. The van der Waals surface area contributed by atoms with E-state index >= 15 is 0 Å². The second-order valence-electron chi connectivity index (χ2n) is 6.22. The Balaban J connectivity index is 2.19. The van der Waals surface area contributed by atoms with Crippen LogP contribution in [0.1, 0.15) is 61.9 Å². The van der Waals surface area contributed by atoms with Crippen LogP contribution in [-0.4, -0.2) is 5.16 Å². The van der Waals surface area contributed by atoms with E-state index in [2.05, 4.69) is 61.6 Å². The summed E-state index contributed by atoms with van der Waals surface area (Å²) in [7, 11) is 0. The van der Waals surface area contributed by atoms with Crippen LogP contribution >= 0.6 is 0 Å². The van der Waals surface area contributed by atoms with Gasteiger partial charge in [0.15, 0.2) is 0 Å². The first-order valence-electron chi connectivity index (χ1n) is 7.72. The Kier molecular flexibility index (Phi) is 5.18. The summed E-state index contributed by atoms with van der Waals surface area (Å²) < 4.78 is 5.29. The molecule has 2 aromatic rings. The predicted molar refractivity (Wildman–Crippen MR) is 86.2 cm³/mol. The molecule has 21 heavy (non-hydrogen) atoms. The van der Waals surface area contributed by atoms with Gasteiger partial charge in [-0.2, -0.15) is 0 Å². The number of rotatable bonds is 6. The van der Waals surface area contributed by atoms with Gasteiger partial charge >= 0.3 is 0 Å². The molecule has 0 radical (unpaired) electrons. The zero-order valence-electron chi connectivity index (χ0n) is 13.7. The summed E-state index contributed by atoms with van der Waals surface area (Å²) in [5.74, 6) is 1.54.